The Hall–Kier alpha value is -2.82. The summed E-state index contributed by atoms with van der Waals surface area (Å²) in [5, 5.41) is 5.75. The molecule has 4 rings (SSSR count). The fourth-order valence-corrected chi connectivity index (χ4v) is 5.92. The van der Waals surface area contributed by atoms with Gasteiger partial charge in [0.1, 0.15) is 6.04 Å². The normalized spacial score (nSPS) is 17.6. The van der Waals surface area contributed by atoms with Gasteiger partial charge in [0.05, 0.1) is 21.5 Å². The molecule has 10 heteroatoms. The molecule has 3 aromatic rings. The monoisotopic (exact) mass is 444 g/mol. The molecule has 1 unspecified atom stereocenters. The zero-order valence-corrected chi connectivity index (χ0v) is 17.8. The summed E-state index contributed by atoms with van der Waals surface area (Å²) >= 11 is 1.33. The lowest BCUT2D eigenvalue weighted by Crippen LogP contribution is -2.57. The number of thiazole rings is 1. The van der Waals surface area contributed by atoms with Crippen molar-refractivity contribution in [1.29, 1.82) is 0 Å². The van der Waals surface area contributed by atoms with Crippen LogP contribution in [0.4, 0.5) is 5.13 Å². The third kappa shape index (κ3) is 4.07. The standard InChI is InChI=1S/C20H20N4O4S2/c1-13-7-8-15-17(11-13)29-20(22-15)23-18(25)12-16-19(26)21-9-10-24(16)30(27,28)14-5-3-2-4-6-14/h2-8,11,16H,9-10,12H2,1H3,(H,21,26)(H,22,23,25). The van der Waals surface area contributed by atoms with Crippen LogP contribution in [-0.2, 0) is 19.6 Å². The van der Waals surface area contributed by atoms with Crippen molar-refractivity contribution in [3.63, 3.8) is 0 Å². The number of carbonyl (C=O) groups is 2. The van der Waals surface area contributed by atoms with E-state index in [1.807, 2.05) is 25.1 Å². The second-order valence-electron chi connectivity index (χ2n) is 6.98. The number of aryl methyl sites for hydroxylation is 1. The first-order valence-electron chi connectivity index (χ1n) is 9.36. The van der Waals surface area contributed by atoms with E-state index in [9.17, 15) is 18.0 Å². The first-order valence-corrected chi connectivity index (χ1v) is 11.6. The second-order valence-corrected chi connectivity index (χ2v) is 9.90. The van der Waals surface area contributed by atoms with E-state index < -0.39 is 27.9 Å². The van der Waals surface area contributed by atoms with Gasteiger partial charge in [0.2, 0.25) is 21.8 Å². The zero-order valence-electron chi connectivity index (χ0n) is 16.2. The average Bonchev–Trinajstić information content (AvgIpc) is 3.11. The molecule has 1 atom stereocenters. The van der Waals surface area contributed by atoms with Crippen molar-refractivity contribution in [2.75, 3.05) is 18.4 Å². The Kier molecular flexibility index (Phi) is 5.54. The molecule has 0 spiro atoms. The summed E-state index contributed by atoms with van der Waals surface area (Å²) in [4.78, 5) is 29.5. The van der Waals surface area contributed by atoms with Gasteiger partial charge in [-0.1, -0.05) is 35.6 Å². The third-order valence-electron chi connectivity index (χ3n) is 4.80. The Balaban J connectivity index is 1.54. The molecule has 1 fully saturated rings. The van der Waals surface area contributed by atoms with Crippen molar-refractivity contribution in [2.24, 2.45) is 0 Å². The summed E-state index contributed by atoms with van der Waals surface area (Å²) in [5.74, 6) is -0.961. The quantitative estimate of drug-likeness (QED) is 0.627. The number of rotatable bonds is 5. The highest BCUT2D eigenvalue weighted by Crippen LogP contribution is 2.27. The van der Waals surface area contributed by atoms with Crippen molar-refractivity contribution >= 4 is 48.5 Å². The SMILES string of the molecule is Cc1ccc2nc(NC(=O)CC3C(=O)NCCN3S(=O)(=O)c3ccccc3)sc2c1. The number of piperazine rings is 1. The van der Waals surface area contributed by atoms with Gasteiger partial charge in [-0.25, -0.2) is 13.4 Å². The van der Waals surface area contributed by atoms with Crippen LogP contribution in [0.2, 0.25) is 0 Å². The highest BCUT2D eigenvalue weighted by atomic mass is 32.2. The van der Waals surface area contributed by atoms with Crippen LogP contribution in [0.3, 0.4) is 0 Å². The molecule has 1 aromatic heterocycles. The number of nitrogens with one attached hydrogen (secondary N) is 2. The number of sulfonamides is 1. The fourth-order valence-electron chi connectivity index (χ4n) is 3.33. The van der Waals surface area contributed by atoms with Gasteiger partial charge in [-0.3, -0.25) is 9.59 Å². The molecule has 1 saturated heterocycles. The van der Waals surface area contributed by atoms with E-state index in [1.54, 1.807) is 18.2 Å². The van der Waals surface area contributed by atoms with Crippen molar-refractivity contribution in [3.8, 4) is 0 Å². The van der Waals surface area contributed by atoms with E-state index in [2.05, 4.69) is 15.6 Å². The molecule has 0 bridgehead atoms. The van der Waals surface area contributed by atoms with Gasteiger partial charge >= 0.3 is 0 Å². The molecule has 30 heavy (non-hydrogen) atoms. The van der Waals surface area contributed by atoms with Crippen molar-refractivity contribution < 1.29 is 18.0 Å². The van der Waals surface area contributed by atoms with Gasteiger partial charge in [0.15, 0.2) is 5.13 Å². The Morgan fingerprint density at radius 3 is 2.80 bits per heavy atom. The lowest BCUT2D eigenvalue weighted by Gasteiger charge is -2.33. The zero-order chi connectivity index (χ0) is 21.3. The maximum Gasteiger partial charge on any atom is 0.243 e. The molecule has 1 aliphatic rings. The van der Waals surface area contributed by atoms with Crippen molar-refractivity contribution in [2.45, 2.75) is 24.3 Å². The van der Waals surface area contributed by atoms with Gasteiger partial charge in [0.25, 0.3) is 0 Å². The summed E-state index contributed by atoms with van der Waals surface area (Å²) < 4.78 is 28.1. The Morgan fingerprint density at radius 1 is 1.27 bits per heavy atom. The van der Waals surface area contributed by atoms with Gasteiger partial charge in [-0.2, -0.15) is 4.31 Å². The predicted molar refractivity (Wildman–Crippen MR) is 115 cm³/mol. The van der Waals surface area contributed by atoms with Crippen molar-refractivity contribution in [3.05, 3.63) is 54.1 Å². The minimum absolute atomic E-state index is 0.0895. The third-order valence-corrected chi connectivity index (χ3v) is 7.66. The number of carbonyl (C=O) groups excluding carboxylic acids is 2. The van der Waals surface area contributed by atoms with Crippen molar-refractivity contribution in [1.82, 2.24) is 14.6 Å². The maximum atomic E-state index is 13.0. The van der Waals surface area contributed by atoms with Gasteiger partial charge in [-0.05, 0) is 36.8 Å². The highest BCUT2D eigenvalue weighted by molar-refractivity contribution is 7.89. The smallest absolute Gasteiger partial charge is 0.243 e. The first kappa shape index (κ1) is 20.5. The van der Waals surface area contributed by atoms with E-state index in [0.717, 1.165) is 20.1 Å². The number of amides is 2. The van der Waals surface area contributed by atoms with E-state index in [4.69, 9.17) is 0 Å². The Bertz CT molecular complexity index is 1210. The van der Waals surface area contributed by atoms with E-state index in [1.165, 1.54) is 23.5 Å². The van der Waals surface area contributed by atoms with Crippen LogP contribution in [0.25, 0.3) is 10.2 Å². The molecule has 8 nitrogen and oxygen atoms in total. The summed E-state index contributed by atoms with van der Waals surface area (Å²) in [6.07, 6.45) is -0.299. The maximum absolute atomic E-state index is 13.0. The molecule has 2 amide bonds. The molecule has 156 valence electrons. The minimum atomic E-state index is -3.91. The lowest BCUT2D eigenvalue weighted by molar-refractivity contribution is -0.130. The molecule has 2 heterocycles. The molecule has 1 aliphatic heterocycles. The van der Waals surface area contributed by atoms with Gasteiger partial charge in [0, 0.05) is 13.1 Å². The molecule has 0 radical (unpaired) electrons. The predicted octanol–water partition coefficient (Wildman–Crippen LogP) is 2.12. The summed E-state index contributed by atoms with van der Waals surface area (Å²) in [5.41, 5.74) is 1.86. The number of hydrogen-bond donors (Lipinski definition) is 2. The summed E-state index contributed by atoms with van der Waals surface area (Å²) in [7, 11) is -3.91. The highest BCUT2D eigenvalue weighted by Gasteiger charge is 2.39. The van der Waals surface area contributed by atoms with Crippen LogP contribution in [0, 0.1) is 6.92 Å². The fraction of sp³-hybridized carbons (Fsp3) is 0.250. The summed E-state index contributed by atoms with van der Waals surface area (Å²) in [6.45, 7) is 2.27. The van der Waals surface area contributed by atoms with Crippen LogP contribution in [0.5, 0.6) is 0 Å². The molecular formula is C20H20N4O4S2. The Labute approximate surface area is 178 Å². The number of aromatic nitrogens is 1. The average molecular weight is 445 g/mol. The van der Waals surface area contributed by atoms with Crippen LogP contribution in [0.15, 0.2) is 53.4 Å². The number of benzene rings is 2. The molecule has 2 N–H and O–H groups in total. The van der Waals surface area contributed by atoms with E-state index in [0.29, 0.717) is 5.13 Å². The van der Waals surface area contributed by atoms with Gasteiger partial charge < -0.3 is 10.6 Å². The molecule has 2 aromatic carbocycles. The topological polar surface area (TPSA) is 108 Å². The van der Waals surface area contributed by atoms with Crippen LogP contribution >= 0.6 is 11.3 Å². The first-order chi connectivity index (χ1) is 14.3. The largest absolute Gasteiger partial charge is 0.353 e. The molecular weight excluding hydrogens is 424 g/mol. The van der Waals surface area contributed by atoms with E-state index in [-0.39, 0.29) is 24.4 Å². The number of nitrogens with zero attached hydrogens (tertiary/aromatic N) is 2. The number of hydrogen-bond acceptors (Lipinski definition) is 6. The van der Waals surface area contributed by atoms with Gasteiger partial charge in [-0.15, -0.1) is 0 Å². The van der Waals surface area contributed by atoms with E-state index >= 15 is 0 Å². The lowest BCUT2D eigenvalue weighted by atomic mass is 10.1. The number of fused-ring (bicyclic) bond motifs is 1. The van der Waals surface area contributed by atoms with Crippen LogP contribution in [-0.4, -0.2) is 48.7 Å². The number of anilines is 1. The second kappa shape index (κ2) is 8.13. The summed E-state index contributed by atoms with van der Waals surface area (Å²) in [6, 6.07) is 12.6. The van der Waals surface area contributed by atoms with Crippen LogP contribution < -0.4 is 10.6 Å². The molecule has 0 aliphatic carbocycles. The van der Waals surface area contributed by atoms with Crippen LogP contribution in [0.1, 0.15) is 12.0 Å². The Morgan fingerprint density at radius 2 is 2.03 bits per heavy atom. The molecule has 0 saturated carbocycles. The minimum Gasteiger partial charge on any atom is -0.353 e.